The Morgan fingerprint density at radius 2 is 2.19 bits per heavy atom. The second kappa shape index (κ2) is 3.31. The zero-order valence-corrected chi connectivity index (χ0v) is 9.53. The molecule has 0 aliphatic carbocycles. The van der Waals surface area contributed by atoms with Crippen molar-refractivity contribution in [1.29, 1.82) is 0 Å². The fourth-order valence-corrected chi connectivity index (χ4v) is 2.65. The minimum Gasteiger partial charge on any atom is -0.391 e. The van der Waals surface area contributed by atoms with Crippen LogP contribution in [0.25, 0.3) is 16.3 Å². The van der Waals surface area contributed by atoms with Crippen LogP contribution in [0.4, 0.5) is 5.00 Å². The van der Waals surface area contributed by atoms with Crippen molar-refractivity contribution in [2.75, 3.05) is 5.73 Å². The van der Waals surface area contributed by atoms with E-state index in [1.165, 1.54) is 0 Å². The average molecular weight is 230 g/mol. The molecule has 0 aliphatic heterocycles. The molecule has 0 aromatic carbocycles. The normalized spacial score (nSPS) is 11.1. The lowest BCUT2D eigenvalue weighted by molar-refractivity contribution is 1.11. The summed E-state index contributed by atoms with van der Waals surface area (Å²) in [5.41, 5.74) is 7.78. The Hall–Kier alpha value is -1.88. The van der Waals surface area contributed by atoms with Gasteiger partial charge in [-0.05, 0) is 30.7 Å². The minimum atomic E-state index is 0.806. The van der Waals surface area contributed by atoms with Crippen molar-refractivity contribution in [3.05, 3.63) is 36.0 Å². The minimum absolute atomic E-state index is 0.806. The largest absolute Gasteiger partial charge is 0.391 e. The van der Waals surface area contributed by atoms with Gasteiger partial charge in [-0.1, -0.05) is 6.07 Å². The van der Waals surface area contributed by atoms with Crippen molar-refractivity contribution in [3.8, 4) is 10.7 Å². The van der Waals surface area contributed by atoms with Gasteiger partial charge in [0.2, 0.25) is 0 Å². The van der Waals surface area contributed by atoms with Crippen LogP contribution in [-0.4, -0.2) is 14.6 Å². The van der Waals surface area contributed by atoms with E-state index in [9.17, 15) is 0 Å². The highest BCUT2D eigenvalue weighted by molar-refractivity contribution is 7.19. The fourth-order valence-electron chi connectivity index (χ4n) is 1.72. The van der Waals surface area contributed by atoms with Crippen LogP contribution >= 0.6 is 11.3 Å². The van der Waals surface area contributed by atoms with Gasteiger partial charge in [0.25, 0.3) is 0 Å². The zero-order chi connectivity index (χ0) is 11.1. The number of anilines is 1. The Morgan fingerprint density at radius 3 is 2.94 bits per heavy atom. The standard InChI is InChI=1S/C11H10N4S/c1-7-6-8(12)16-10(7)11-14-13-9-4-2-3-5-15(9)11/h2-6H,12H2,1H3. The molecule has 2 N–H and O–H groups in total. The van der Waals surface area contributed by atoms with Crippen LogP contribution < -0.4 is 5.73 Å². The molecule has 4 nitrogen and oxygen atoms in total. The zero-order valence-electron chi connectivity index (χ0n) is 8.71. The van der Waals surface area contributed by atoms with Crippen LogP contribution in [0.5, 0.6) is 0 Å². The highest BCUT2D eigenvalue weighted by Crippen LogP contribution is 2.32. The predicted octanol–water partition coefficient (Wildman–Crippen LogP) is 2.35. The summed E-state index contributed by atoms with van der Waals surface area (Å²) in [6.07, 6.45) is 1.96. The number of nitrogens with two attached hydrogens (primary N) is 1. The second-order valence-corrected chi connectivity index (χ2v) is 4.70. The van der Waals surface area contributed by atoms with Gasteiger partial charge < -0.3 is 5.73 Å². The average Bonchev–Trinajstić information content (AvgIpc) is 2.81. The number of pyridine rings is 1. The highest BCUT2D eigenvalue weighted by atomic mass is 32.1. The summed E-state index contributed by atoms with van der Waals surface area (Å²) in [5, 5.41) is 9.14. The molecule has 0 fully saturated rings. The molecule has 0 saturated heterocycles. The monoisotopic (exact) mass is 230 g/mol. The number of rotatable bonds is 1. The lowest BCUT2D eigenvalue weighted by Gasteiger charge is -1.97. The number of nitrogens with zero attached hydrogens (tertiary/aromatic N) is 3. The first-order chi connectivity index (χ1) is 7.75. The van der Waals surface area contributed by atoms with Crippen molar-refractivity contribution in [1.82, 2.24) is 14.6 Å². The van der Waals surface area contributed by atoms with Crippen LogP contribution in [0.3, 0.4) is 0 Å². The molecule has 0 atom stereocenters. The summed E-state index contributed by atoms with van der Waals surface area (Å²) < 4.78 is 1.97. The van der Waals surface area contributed by atoms with Crippen LogP contribution in [0.15, 0.2) is 30.5 Å². The van der Waals surface area contributed by atoms with E-state index < -0.39 is 0 Å². The van der Waals surface area contributed by atoms with Gasteiger partial charge in [-0.3, -0.25) is 4.40 Å². The number of aromatic nitrogens is 3. The second-order valence-electron chi connectivity index (χ2n) is 3.61. The lowest BCUT2D eigenvalue weighted by atomic mass is 10.3. The van der Waals surface area contributed by atoms with Crippen LogP contribution in [0.1, 0.15) is 5.56 Å². The summed E-state index contributed by atoms with van der Waals surface area (Å²) >= 11 is 1.54. The predicted molar refractivity (Wildman–Crippen MR) is 65.4 cm³/mol. The van der Waals surface area contributed by atoms with E-state index in [2.05, 4.69) is 10.2 Å². The highest BCUT2D eigenvalue weighted by Gasteiger charge is 2.12. The van der Waals surface area contributed by atoms with E-state index >= 15 is 0 Å². The summed E-state index contributed by atoms with van der Waals surface area (Å²) in [6.45, 7) is 2.03. The van der Waals surface area contributed by atoms with Crippen LogP contribution in [0, 0.1) is 6.92 Å². The molecule has 0 aliphatic rings. The van der Waals surface area contributed by atoms with Crippen molar-refractivity contribution >= 4 is 22.0 Å². The van der Waals surface area contributed by atoms with Gasteiger partial charge >= 0.3 is 0 Å². The van der Waals surface area contributed by atoms with Gasteiger partial charge in [-0.2, -0.15) is 0 Å². The topological polar surface area (TPSA) is 56.2 Å². The molecule has 0 radical (unpaired) electrons. The smallest absolute Gasteiger partial charge is 0.178 e. The maximum Gasteiger partial charge on any atom is 0.178 e. The first kappa shape index (κ1) is 9.35. The number of aryl methyl sites for hydroxylation is 1. The summed E-state index contributed by atoms with van der Waals surface area (Å²) in [7, 11) is 0. The van der Waals surface area contributed by atoms with Gasteiger partial charge in [0.1, 0.15) is 0 Å². The first-order valence-corrected chi connectivity index (χ1v) is 5.73. The summed E-state index contributed by atoms with van der Waals surface area (Å²) in [5.74, 6) is 0.856. The van der Waals surface area contributed by atoms with Crippen LogP contribution in [-0.2, 0) is 0 Å². The molecule has 0 unspecified atom stereocenters. The molecule has 5 heteroatoms. The number of fused-ring (bicyclic) bond motifs is 1. The third-order valence-electron chi connectivity index (χ3n) is 2.45. The van der Waals surface area contributed by atoms with Crippen molar-refractivity contribution in [2.45, 2.75) is 6.92 Å². The van der Waals surface area contributed by atoms with Gasteiger partial charge in [0, 0.05) is 6.20 Å². The maximum absolute atomic E-state index is 5.79. The number of hydrogen-bond donors (Lipinski definition) is 1. The first-order valence-electron chi connectivity index (χ1n) is 4.92. The quantitative estimate of drug-likeness (QED) is 0.698. The van der Waals surface area contributed by atoms with Crippen molar-refractivity contribution in [2.24, 2.45) is 0 Å². The summed E-state index contributed by atoms with van der Waals surface area (Å²) in [4.78, 5) is 1.08. The molecule has 3 heterocycles. The number of hydrogen-bond acceptors (Lipinski definition) is 4. The number of thiophene rings is 1. The molecule has 3 rings (SSSR count). The molecule has 3 aromatic rings. The Kier molecular flexibility index (Phi) is 1.94. The molecule has 0 spiro atoms. The van der Waals surface area contributed by atoms with Gasteiger partial charge in [0.05, 0.1) is 9.88 Å². The molecule has 16 heavy (non-hydrogen) atoms. The van der Waals surface area contributed by atoms with E-state index in [1.807, 2.05) is 41.8 Å². The Balaban J connectivity index is 2.30. The van der Waals surface area contributed by atoms with E-state index in [0.717, 1.165) is 26.9 Å². The van der Waals surface area contributed by atoms with Gasteiger partial charge in [-0.15, -0.1) is 21.5 Å². The maximum atomic E-state index is 5.79. The summed E-state index contributed by atoms with van der Waals surface area (Å²) in [6, 6.07) is 7.81. The van der Waals surface area contributed by atoms with E-state index in [0.29, 0.717) is 0 Å². The van der Waals surface area contributed by atoms with Gasteiger partial charge in [0.15, 0.2) is 11.5 Å². The molecular weight excluding hydrogens is 220 g/mol. The molecule has 0 bridgehead atoms. The third kappa shape index (κ3) is 1.29. The van der Waals surface area contributed by atoms with E-state index in [4.69, 9.17) is 5.73 Å². The molecule has 0 saturated carbocycles. The molecule has 3 aromatic heterocycles. The third-order valence-corrected chi connectivity index (χ3v) is 3.52. The Morgan fingerprint density at radius 1 is 1.31 bits per heavy atom. The lowest BCUT2D eigenvalue weighted by Crippen LogP contribution is -1.87. The SMILES string of the molecule is Cc1cc(N)sc1-c1nnc2ccccn12. The number of nitrogen functional groups attached to an aromatic ring is 1. The van der Waals surface area contributed by atoms with E-state index in [1.54, 1.807) is 11.3 Å². The van der Waals surface area contributed by atoms with Crippen LogP contribution in [0.2, 0.25) is 0 Å². The Bertz CT molecular complexity index is 653. The Labute approximate surface area is 96.4 Å². The molecule has 80 valence electrons. The van der Waals surface area contributed by atoms with Crippen molar-refractivity contribution in [3.63, 3.8) is 0 Å². The molecular formula is C11H10N4S. The molecule has 0 amide bonds. The van der Waals surface area contributed by atoms with Gasteiger partial charge in [-0.25, -0.2) is 0 Å². The van der Waals surface area contributed by atoms with Crippen molar-refractivity contribution < 1.29 is 0 Å². The fraction of sp³-hybridized carbons (Fsp3) is 0.0909. The van der Waals surface area contributed by atoms with E-state index in [-0.39, 0.29) is 0 Å².